The number of amides is 1. The Morgan fingerprint density at radius 3 is 2.50 bits per heavy atom. The van der Waals surface area contributed by atoms with Crippen molar-refractivity contribution in [2.75, 3.05) is 12.8 Å². The Hall–Kier alpha value is -2.07. The highest BCUT2D eigenvalue weighted by Crippen LogP contribution is 2.21. The zero-order valence-electron chi connectivity index (χ0n) is 10.9. The van der Waals surface area contributed by atoms with Crippen LogP contribution < -0.4 is 5.73 Å². The van der Waals surface area contributed by atoms with E-state index in [1.807, 2.05) is 0 Å². The standard InChI is InChI=1S/C15H14ClFN2O/c1-19(9-10-2-4-11(17)5-3-10)15(20)13-7-6-12(18)8-14(13)16/h2-8H,9,18H2,1H3. The number of hydrogen-bond donors (Lipinski definition) is 1. The number of carbonyl (C=O) groups excluding carboxylic acids is 1. The molecule has 0 fully saturated rings. The first-order chi connectivity index (χ1) is 9.47. The quantitative estimate of drug-likeness (QED) is 0.882. The predicted molar refractivity (Wildman–Crippen MR) is 78.1 cm³/mol. The summed E-state index contributed by atoms with van der Waals surface area (Å²) in [6, 6.07) is 10.8. The minimum absolute atomic E-state index is 0.209. The molecule has 0 atom stereocenters. The second-order valence-corrected chi connectivity index (χ2v) is 4.93. The minimum atomic E-state index is -0.302. The molecule has 0 aliphatic heterocycles. The average Bonchev–Trinajstić information content (AvgIpc) is 2.40. The number of halogens is 2. The van der Waals surface area contributed by atoms with Gasteiger partial charge in [-0.2, -0.15) is 0 Å². The van der Waals surface area contributed by atoms with E-state index in [2.05, 4.69) is 0 Å². The number of benzene rings is 2. The third-order valence-corrected chi connectivity index (χ3v) is 3.22. The number of rotatable bonds is 3. The Morgan fingerprint density at radius 2 is 1.90 bits per heavy atom. The van der Waals surface area contributed by atoms with Crippen LogP contribution in [-0.2, 0) is 6.54 Å². The van der Waals surface area contributed by atoms with Gasteiger partial charge in [0, 0.05) is 19.3 Å². The number of nitrogens with two attached hydrogens (primary N) is 1. The molecule has 0 unspecified atom stereocenters. The molecule has 5 heteroatoms. The summed E-state index contributed by atoms with van der Waals surface area (Å²) in [4.78, 5) is 13.8. The normalized spacial score (nSPS) is 10.3. The fourth-order valence-electron chi connectivity index (χ4n) is 1.85. The second-order valence-electron chi connectivity index (χ2n) is 4.53. The van der Waals surface area contributed by atoms with E-state index in [0.29, 0.717) is 22.8 Å². The van der Waals surface area contributed by atoms with Gasteiger partial charge in [-0.15, -0.1) is 0 Å². The van der Waals surface area contributed by atoms with E-state index in [1.54, 1.807) is 37.4 Å². The molecule has 0 aromatic heterocycles. The molecule has 0 saturated carbocycles. The molecular formula is C15H14ClFN2O. The highest BCUT2D eigenvalue weighted by molar-refractivity contribution is 6.34. The Bertz CT molecular complexity index is 628. The number of carbonyl (C=O) groups is 1. The number of anilines is 1. The topological polar surface area (TPSA) is 46.3 Å². The Labute approximate surface area is 121 Å². The van der Waals surface area contributed by atoms with Crippen LogP contribution in [0.25, 0.3) is 0 Å². The van der Waals surface area contributed by atoms with E-state index >= 15 is 0 Å². The van der Waals surface area contributed by atoms with Crippen LogP contribution in [0, 0.1) is 5.82 Å². The highest BCUT2D eigenvalue weighted by Gasteiger charge is 2.15. The van der Waals surface area contributed by atoms with Gasteiger partial charge in [0.05, 0.1) is 10.6 Å². The van der Waals surface area contributed by atoms with Gasteiger partial charge >= 0.3 is 0 Å². The second kappa shape index (κ2) is 5.92. The van der Waals surface area contributed by atoms with Crippen molar-refractivity contribution < 1.29 is 9.18 Å². The maximum absolute atomic E-state index is 12.8. The fraction of sp³-hybridized carbons (Fsp3) is 0.133. The third kappa shape index (κ3) is 3.27. The molecular weight excluding hydrogens is 279 g/mol. The SMILES string of the molecule is CN(Cc1ccc(F)cc1)C(=O)c1ccc(N)cc1Cl. The van der Waals surface area contributed by atoms with Crippen molar-refractivity contribution in [3.05, 3.63) is 64.4 Å². The lowest BCUT2D eigenvalue weighted by Gasteiger charge is -2.18. The number of hydrogen-bond acceptors (Lipinski definition) is 2. The van der Waals surface area contributed by atoms with E-state index in [1.165, 1.54) is 17.0 Å². The van der Waals surface area contributed by atoms with Crippen LogP contribution in [0.4, 0.5) is 10.1 Å². The summed E-state index contributed by atoms with van der Waals surface area (Å²) in [5, 5.41) is 0.320. The van der Waals surface area contributed by atoms with E-state index in [4.69, 9.17) is 17.3 Å². The summed E-state index contributed by atoms with van der Waals surface area (Å²) in [7, 11) is 1.67. The van der Waals surface area contributed by atoms with Gasteiger partial charge in [-0.05, 0) is 35.9 Å². The molecule has 0 spiro atoms. The van der Waals surface area contributed by atoms with Gasteiger partial charge in [0.25, 0.3) is 5.91 Å². The van der Waals surface area contributed by atoms with E-state index in [9.17, 15) is 9.18 Å². The van der Waals surface area contributed by atoms with Crippen molar-refractivity contribution in [1.82, 2.24) is 4.90 Å². The van der Waals surface area contributed by atoms with Gasteiger partial charge in [-0.3, -0.25) is 4.79 Å². The van der Waals surface area contributed by atoms with Gasteiger partial charge in [0.2, 0.25) is 0 Å². The van der Waals surface area contributed by atoms with Gasteiger partial charge in [0.1, 0.15) is 5.82 Å². The molecule has 0 radical (unpaired) electrons. The maximum atomic E-state index is 12.8. The smallest absolute Gasteiger partial charge is 0.255 e. The molecule has 2 aromatic carbocycles. The molecule has 3 nitrogen and oxygen atoms in total. The lowest BCUT2D eigenvalue weighted by atomic mass is 10.1. The molecule has 1 amide bonds. The molecule has 0 bridgehead atoms. The zero-order valence-corrected chi connectivity index (χ0v) is 11.7. The van der Waals surface area contributed by atoms with Gasteiger partial charge < -0.3 is 10.6 Å². The molecule has 0 aliphatic rings. The number of nitrogens with zero attached hydrogens (tertiary/aromatic N) is 1. The predicted octanol–water partition coefficient (Wildman–Crippen LogP) is 3.33. The maximum Gasteiger partial charge on any atom is 0.255 e. The number of nitrogen functional groups attached to an aromatic ring is 1. The molecule has 2 rings (SSSR count). The van der Waals surface area contributed by atoms with E-state index < -0.39 is 0 Å². The van der Waals surface area contributed by atoms with Crippen LogP contribution in [0.2, 0.25) is 5.02 Å². The largest absolute Gasteiger partial charge is 0.399 e. The summed E-state index contributed by atoms with van der Waals surface area (Å²) in [5.74, 6) is -0.511. The van der Waals surface area contributed by atoms with E-state index in [-0.39, 0.29) is 11.7 Å². The average molecular weight is 293 g/mol. The van der Waals surface area contributed by atoms with Crippen molar-refractivity contribution in [2.24, 2.45) is 0 Å². The monoisotopic (exact) mass is 292 g/mol. The van der Waals surface area contributed by atoms with Crippen LogP contribution in [0.15, 0.2) is 42.5 Å². The lowest BCUT2D eigenvalue weighted by Crippen LogP contribution is -2.26. The zero-order chi connectivity index (χ0) is 14.7. The lowest BCUT2D eigenvalue weighted by molar-refractivity contribution is 0.0785. The third-order valence-electron chi connectivity index (χ3n) is 2.90. The van der Waals surface area contributed by atoms with Crippen molar-refractivity contribution in [3.63, 3.8) is 0 Å². The Kier molecular flexibility index (Phi) is 4.25. The Morgan fingerprint density at radius 1 is 1.25 bits per heavy atom. The fourth-order valence-corrected chi connectivity index (χ4v) is 2.12. The summed E-state index contributed by atoms with van der Waals surface area (Å²) < 4.78 is 12.8. The first-order valence-corrected chi connectivity index (χ1v) is 6.40. The van der Waals surface area contributed by atoms with Crippen molar-refractivity contribution >= 4 is 23.2 Å². The van der Waals surface area contributed by atoms with E-state index in [0.717, 1.165) is 5.56 Å². The van der Waals surface area contributed by atoms with Crippen molar-refractivity contribution in [1.29, 1.82) is 0 Å². The summed E-state index contributed by atoms with van der Waals surface area (Å²) in [6.45, 7) is 0.375. The van der Waals surface area contributed by atoms with Crippen LogP contribution >= 0.6 is 11.6 Å². The molecule has 0 heterocycles. The molecule has 104 valence electrons. The molecule has 0 saturated heterocycles. The van der Waals surface area contributed by atoms with Crippen LogP contribution in [0.5, 0.6) is 0 Å². The van der Waals surface area contributed by atoms with Gasteiger partial charge in [-0.25, -0.2) is 4.39 Å². The van der Waals surface area contributed by atoms with Crippen LogP contribution in [0.3, 0.4) is 0 Å². The first-order valence-electron chi connectivity index (χ1n) is 6.02. The summed E-state index contributed by atoms with van der Waals surface area (Å²) in [5.41, 5.74) is 7.34. The highest BCUT2D eigenvalue weighted by atomic mass is 35.5. The summed E-state index contributed by atoms with van der Waals surface area (Å²) >= 11 is 6.02. The molecule has 0 aliphatic carbocycles. The molecule has 2 N–H and O–H groups in total. The van der Waals surface area contributed by atoms with Gasteiger partial charge in [-0.1, -0.05) is 23.7 Å². The first kappa shape index (κ1) is 14.3. The van der Waals surface area contributed by atoms with Gasteiger partial charge in [0.15, 0.2) is 0 Å². The van der Waals surface area contributed by atoms with Crippen LogP contribution in [-0.4, -0.2) is 17.9 Å². The minimum Gasteiger partial charge on any atom is -0.399 e. The molecule has 2 aromatic rings. The van der Waals surface area contributed by atoms with Crippen molar-refractivity contribution in [3.8, 4) is 0 Å². The van der Waals surface area contributed by atoms with Crippen LogP contribution in [0.1, 0.15) is 15.9 Å². The Balaban J connectivity index is 2.14. The molecule has 20 heavy (non-hydrogen) atoms. The summed E-state index contributed by atoms with van der Waals surface area (Å²) in [6.07, 6.45) is 0. The van der Waals surface area contributed by atoms with Crippen molar-refractivity contribution in [2.45, 2.75) is 6.54 Å².